The van der Waals surface area contributed by atoms with Gasteiger partial charge in [-0.05, 0) is 31.2 Å². The summed E-state index contributed by atoms with van der Waals surface area (Å²) >= 11 is 0. The Balaban J connectivity index is 1.80. The molecule has 1 nitrogen and oxygen atoms in total. The third-order valence-electron chi connectivity index (χ3n) is 2.90. The van der Waals surface area contributed by atoms with E-state index < -0.39 is 0 Å². The van der Waals surface area contributed by atoms with Gasteiger partial charge in [0.15, 0.2) is 0 Å². The smallest absolute Gasteiger partial charge is 0.0720 e. The quantitative estimate of drug-likeness (QED) is 0.679. The maximum absolute atomic E-state index is 5.88. The van der Waals surface area contributed by atoms with Crippen LogP contribution < -0.4 is 0 Å². The number of hydrogen-bond donors (Lipinski definition) is 0. The fourth-order valence-corrected chi connectivity index (χ4v) is 2.04. The average molecular weight is 202 g/mol. The predicted octanol–water partition coefficient (Wildman–Crippen LogP) is 3.70. The normalized spacial score (nSPS) is 21.6. The molecule has 1 atom stereocenters. The first kappa shape index (κ1) is 10.4. The van der Waals surface area contributed by atoms with Gasteiger partial charge in [0.25, 0.3) is 0 Å². The van der Waals surface area contributed by atoms with Crippen molar-refractivity contribution in [1.29, 1.82) is 0 Å². The van der Waals surface area contributed by atoms with Gasteiger partial charge < -0.3 is 4.74 Å². The van der Waals surface area contributed by atoms with E-state index in [1.807, 2.05) is 6.07 Å². The van der Waals surface area contributed by atoms with Crippen molar-refractivity contribution >= 4 is 0 Å². The molecular formula is C14H18O. The standard InChI is InChI=1S/C14H18O/c1-12-6-5-9-14(10-12)15-11-13-7-3-2-4-8-13/h2-4,7-8,14H,1,5-6,9-11H2. The van der Waals surface area contributed by atoms with Crippen LogP contribution in [0.25, 0.3) is 0 Å². The first-order valence-electron chi connectivity index (χ1n) is 5.67. The molecule has 80 valence electrons. The first-order valence-corrected chi connectivity index (χ1v) is 5.67. The van der Waals surface area contributed by atoms with Crippen molar-refractivity contribution in [3.63, 3.8) is 0 Å². The molecule has 15 heavy (non-hydrogen) atoms. The van der Waals surface area contributed by atoms with Crippen LogP contribution in [0.4, 0.5) is 0 Å². The molecule has 0 spiro atoms. The molecule has 1 aliphatic rings. The summed E-state index contributed by atoms with van der Waals surface area (Å²) in [5.41, 5.74) is 2.60. The van der Waals surface area contributed by atoms with Crippen molar-refractivity contribution in [3.05, 3.63) is 48.0 Å². The monoisotopic (exact) mass is 202 g/mol. The van der Waals surface area contributed by atoms with Gasteiger partial charge in [0.1, 0.15) is 0 Å². The highest BCUT2D eigenvalue weighted by Crippen LogP contribution is 2.24. The molecule has 0 aromatic heterocycles. The van der Waals surface area contributed by atoms with Crippen LogP contribution in [0.5, 0.6) is 0 Å². The summed E-state index contributed by atoms with van der Waals surface area (Å²) in [6.45, 7) is 4.77. The van der Waals surface area contributed by atoms with Gasteiger partial charge in [-0.15, -0.1) is 0 Å². The van der Waals surface area contributed by atoms with Gasteiger partial charge in [0.2, 0.25) is 0 Å². The second kappa shape index (κ2) is 5.13. The van der Waals surface area contributed by atoms with Crippen molar-refractivity contribution in [2.24, 2.45) is 0 Å². The Morgan fingerprint density at radius 2 is 2.07 bits per heavy atom. The lowest BCUT2D eigenvalue weighted by Crippen LogP contribution is -2.17. The van der Waals surface area contributed by atoms with Crippen LogP contribution in [0.1, 0.15) is 31.2 Å². The zero-order chi connectivity index (χ0) is 10.5. The Labute approximate surface area is 91.8 Å². The summed E-state index contributed by atoms with van der Waals surface area (Å²) in [6, 6.07) is 10.4. The van der Waals surface area contributed by atoms with Gasteiger partial charge in [-0.3, -0.25) is 0 Å². The van der Waals surface area contributed by atoms with E-state index in [0.717, 1.165) is 13.0 Å². The van der Waals surface area contributed by atoms with Gasteiger partial charge in [-0.25, -0.2) is 0 Å². The topological polar surface area (TPSA) is 9.23 Å². The molecule has 2 rings (SSSR count). The Hall–Kier alpha value is -1.08. The van der Waals surface area contributed by atoms with Gasteiger partial charge in [0.05, 0.1) is 12.7 Å². The zero-order valence-electron chi connectivity index (χ0n) is 9.11. The van der Waals surface area contributed by atoms with E-state index in [0.29, 0.717) is 6.10 Å². The Morgan fingerprint density at radius 1 is 1.27 bits per heavy atom. The zero-order valence-corrected chi connectivity index (χ0v) is 9.11. The molecule has 1 saturated carbocycles. The van der Waals surface area contributed by atoms with Crippen LogP contribution in [0, 0.1) is 0 Å². The van der Waals surface area contributed by atoms with Gasteiger partial charge in [0, 0.05) is 0 Å². The lowest BCUT2D eigenvalue weighted by atomic mass is 9.94. The van der Waals surface area contributed by atoms with Crippen LogP contribution in [0.15, 0.2) is 42.5 Å². The Kier molecular flexibility index (Phi) is 3.57. The number of ether oxygens (including phenoxy) is 1. The molecule has 0 heterocycles. The van der Waals surface area contributed by atoms with Gasteiger partial charge in [-0.2, -0.15) is 0 Å². The van der Waals surface area contributed by atoms with E-state index >= 15 is 0 Å². The van der Waals surface area contributed by atoms with E-state index in [2.05, 4.69) is 30.8 Å². The maximum atomic E-state index is 5.88. The molecule has 1 aliphatic carbocycles. The van der Waals surface area contributed by atoms with E-state index in [9.17, 15) is 0 Å². The molecule has 1 unspecified atom stereocenters. The molecule has 1 heteroatoms. The fraction of sp³-hybridized carbons (Fsp3) is 0.429. The largest absolute Gasteiger partial charge is 0.373 e. The van der Waals surface area contributed by atoms with E-state index in [1.165, 1.54) is 30.4 Å². The van der Waals surface area contributed by atoms with E-state index in [1.54, 1.807) is 0 Å². The number of hydrogen-bond acceptors (Lipinski definition) is 1. The minimum absolute atomic E-state index is 0.395. The summed E-state index contributed by atoms with van der Waals surface area (Å²) in [5.74, 6) is 0. The predicted molar refractivity (Wildman–Crippen MR) is 62.6 cm³/mol. The molecule has 0 radical (unpaired) electrons. The molecule has 0 saturated heterocycles. The number of benzene rings is 1. The van der Waals surface area contributed by atoms with Crippen LogP contribution >= 0.6 is 0 Å². The molecule has 0 N–H and O–H groups in total. The van der Waals surface area contributed by atoms with Gasteiger partial charge >= 0.3 is 0 Å². The van der Waals surface area contributed by atoms with Crippen molar-refractivity contribution in [2.75, 3.05) is 0 Å². The lowest BCUT2D eigenvalue weighted by Gasteiger charge is -2.23. The summed E-state index contributed by atoms with van der Waals surface area (Å²) in [5, 5.41) is 0. The lowest BCUT2D eigenvalue weighted by molar-refractivity contribution is 0.0275. The van der Waals surface area contributed by atoms with Crippen molar-refractivity contribution in [3.8, 4) is 0 Å². The molecule has 0 aliphatic heterocycles. The minimum Gasteiger partial charge on any atom is -0.373 e. The molecular weight excluding hydrogens is 184 g/mol. The molecule has 0 bridgehead atoms. The number of rotatable bonds is 3. The fourth-order valence-electron chi connectivity index (χ4n) is 2.04. The second-order valence-electron chi connectivity index (χ2n) is 4.26. The van der Waals surface area contributed by atoms with Crippen LogP contribution in [0.3, 0.4) is 0 Å². The Bertz CT molecular complexity index is 315. The first-order chi connectivity index (χ1) is 7.34. The molecule has 0 amide bonds. The maximum Gasteiger partial charge on any atom is 0.0720 e. The highest BCUT2D eigenvalue weighted by atomic mass is 16.5. The highest BCUT2D eigenvalue weighted by molar-refractivity contribution is 5.13. The van der Waals surface area contributed by atoms with Gasteiger partial charge in [-0.1, -0.05) is 42.5 Å². The van der Waals surface area contributed by atoms with Crippen molar-refractivity contribution in [2.45, 2.75) is 38.4 Å². The second-order valence-corrected chi connectivity index (χ2v) is 4.26. The van der Waals surface area contributed by atoms with Crippen LogP contribution in [-0.2, 0) is 11.3 Å². The third-order valence-corrected chi connectivity index (χ3v) is 2.90. The van der Waals surface area contributed by atoms with Crippen LogP contribution in [0.2, 0.25) is 0 Å². The third kappa shape index (κ3) is 3.21. The average Bonchev–Trinajstić information content (AvgIpc) is 2.28. The summed E-state index contributed by atoms with van der Waals surface area (Å²) in [6.07, 6.45) is 5.05. The molecule has 1 aromatic carbocycles. The van der Waals surface area contributed by atoms with E-state index in [-0.39, 0.29) is 0 Å². The summed E-state index contributed by atoms with van der Waals surface area (Å²) in [7, 11) is 0. The summed E-state index contributed by atoms with van der Waals surface area (Å²) < 4.78 is 5.88. The molecule has 1 aromatic rings. The Morgan fingerprint density at radius 3 is 2.80 bits per heavy atom. The SMILES string of the molecule is C=C1CCCC(OCc2ccccc2)C1. The minimum atomic E-state index is 0.395. The van der Waals surface area contributed by atoms with E-state index in [4.69, 9.17) is 4.74 Å². The highest BCUT2D eigenvalue weighted by Gasteiger charge is 2.15. The van der Waals surface area contributed by atoms with Crippen molar-refractivity contribution < 1.29 is 4.74 Å². The van der Waals surface area contributed by atoms with Crippen LogP contribution in [-0.4, -0.2) is 6.10 Å². The molecule has 1 fully saturated rings. The van der Waals surface area contributed by atoms with Crippen molar-refractivity contribution in [1.82, 2.24) is 0 Å². The summed E-state index contributed by atoms with van der Waals surface area (Å²) in [4.78, 5) is 0.